The predicted octanol–water partition coefficient (Wildman–Crippen LogP) is 1.77. The number of nitrogens with zero attached hydrogens (tertiary/aromatic N) is 2. The zero-order valence-corrected chi connectivity index (χ0v) is 11.4. The van der Waals surface area contributed by atoms with Crippen molar-refractivity contribution in [2.24, 2.45) is 0 Å². The second-order valence-electron chi connectivity index (χ2n) is 4.24. The molecule has 0 aliphatic heterocycles. The van der Waals surface area contributed by atoms with Crippen LogP contribution in [0.1, 0.15) is 21.7 Å². The SMILES string of the molecule is COC(=O)c1ccnc(NCc2cccc(C)n2)c1N. The van der Waals surface area contributed by atoms with Crippen LogP contribution in [0.2, 0.25) is 0 Å². The van der Waals surface area contributed by atoms with Gasteiger partial charge in [-0.25, -0.2) is 9.78 Å². The minimum Gasteiger partial charge on any atom is -0.465 e. The molecule has 2 rings (SSSR count). The normalized spacial score (nSPS) is 10.1. The Morgan fingerprint density at radius 1 is 1.40 bits per heavy atom. The number of ether oxygens (including phenoxy) is 1. The van der Waals surface area contributed by atoms with E-state index in [1.165, 1.54) is 19.4 Å². The third kappa shape index (κ3) is 3.03. The van der Waals surface area contributed by atoms with Gasteiger partial charge in [-0.2, -0.15) is 0 Å². The van der Waals surface area contributed by atoms with E-state index in [-0.39, 0.29) is 5.69 Å². The van der Waals surface area contributed by atoms with E-state index in [0.717, 1.165) is 11.4 Å². The maximum absolute atomic E-state index is 11.5. The highest BCUT2D eigenvalue weighted by molar-refractivity contribution is 5.97. The molecule has 104 valence electrons. The number of carbonyl (C=O) groups is 1. The van der Waals surface area contributed by atoms with Crippen molar-refractivity contribution in [2.45, 2.75) is 13.5 Å². The van der Waals surface area contributed by atoms with Gasteiger partial charge in [0, 0.05) is 11.9 Å². The Morgan fingerprint density at radius 2 is 2.20 bits per heavy atom. The summed E-state index contributed by atoms with van der Waals surface area (Å²) in [5, 5.41) is 3.07. The van der Waals surface area contributed by atoms with Crippen LogP contribution in [-0.4, -0.2) is 23.0 Å². The number of rotatable bonds is 4. The first-order chi connectivity index (χ1) is 9.61. The van der Waals surface area contributed by atoms with Crippen LogP contribution >= 0.6 is 0 Å². The average molecular weight is 272 g/mol. The van der Waals surface area contributed by atoms with Gasteiger partial charge in [-0.1, -0.05) is 6.07 Å². The zero-order valence-electron chi connectivity index (χ0n) is 11.4. The number of hydrogen-bond acceptors (Lipinski definition) is 6. The van der Waals surface area contributed by atoms with Gasteiger partial charge in [0.25, 0.3) is 0 Å². The molecule has 2 aromatic heterocycles. The van der Waals surface area contributed by atoms with E-state index in [9.17, 15) is 4.79 Å². The fourth-order valence-corrected chi connectivity index (χ4v) is 1.77. The van der Waals surface area contributed by atoms with Crippen LogP contribution in [0.4, 0.5) is 11.5 Å². The number of aryl methyl sites for hydroxylation is 1. The first kappa shape index (κ1) is 13.8. The summed E-state index contributed by atoms with van der Waals surface area (Å²) in [5.74, 6) is -0.0437. The fraction of sp³-hybridized carbons (Fsp3) is 0.214. The summed E-state index contributed by atoms with van der Waals surface area (Å²) in [6.45, 7) is 2.40. The van der Waals surface area contributed by atoms with E-state index in [4.69, 9.17) is 5.73 Å². The molecule has 2 aromatic rings. The Balaban J connectivity index is 2.16. The van der Waals surface area contributed by atoms with Crippen molar-refractivity contribution in [3.05, 3.63) is 47.4 Å². The van der Waals surface area contributed by atoms with E-state index in [0.29, 0.717) is 17.9 Å². The number of nitrogens with two attached hydrogens (primary N) is 1. The lowest BCUT2D eigenvalue weighted by molar-refractivity contribution is 0.0602. The fourth-order valence-electron chi connectivity index (χ4n) is 1.77. The van der Waals surface area contributed by atoms with Gasteiger partial charge in [-0.05, 0) is 25.1 Å². The average Bonchev–Trinajstić information content (AvgIpc) is 2.45. The summed E-state index contributed by atoms with van der Waals surface area (Å²) in [7, 11) is 1.31. The van der Waals surface area contributed by atoms with Crippen molar-refractivity contribution in [3.8, 4) is 0 Å². The molecule has 0 atom stereocenters. The van der Waals surface area contributed by atoms with Crippen molar-refractivity contribution >= 4 is 17.5 Å². The topological polar surface area (TPSA) is 90.1 Å². The summed E-state index contributed by atoms with van der Waals surface area (Å²) >= 11 is 0. The molecule has 6 nitrogen and oxygen atoms in total. The molecule has 3 N–H and O–H groups in total. The maximum Gasteiger partial charge on any atom is 0.340 e. The van der Waals surface area contributed by atoms with E-state index < -0.39 is 5.97 Å². The van der Waals surface area contributed by atoms with Crippen molar-refractivity contribution in [1.29, 1.82) is 0 Å². The van der Waals surface area contributed by atoms with Gasteiger partial charge >= 0.3 is 5.97 Å². The molecule has 0 aromatic carbocycles. The highest BCUT2D eigenvalue weighted by Gasteiger charge is 2.13. The molecule has 0 saturated carbocycles. The number of pyridine rings is 2. The minimum absolute atomic E-state index is 0.270. The Hall–Kier alpha value is -2.63. The monoisotopic (exact) mass is 272 g/mol. The van der Waals surface area contributed by atoms with Crippen molar-refractivity contribution in [3.63, 3.8) is 0 Å². The quantitative estimate of drug-likeness (QED) is 0.824. The molecule has 0 fully saturated rings. The maximum atomic E-state index is 11.5. The molecule has 0 bridgehead atoms. The van der Waals surface area contributed by atoms with Crippen LogP contribution in [0.5, 0.6) is 0 Å². The second-order valence-corrected chi connectivity index (χ2v) is 4.24. The van der Waals surface area contributed by atoms with Gasteiger partial charge < -0.3 is 15.8 Å². The van der Waals surface area contributed by atoms with Crippen LogP contribution < -0.4 is 11.1 Å². The van der Waals surface area contributed by atoms with E-state index >= 15 is 0 Å². The Labute approximate surface area is 117 Å². The molecule has 0 amide bonds. The predicted molar refractivity (Wildman–Crippen MR) is 76.3 cm³/mol. The largest absolute Gasteiger partial charge is 0.465 e. The molecular weight excluding hydrogens is 256 g/mol. The number of anilines is 2. The summed E-state index contributed by atoms with van der Waals surface area (Å²) in [4.78, 5) is 20.0. The van der Waals surface area contributed by atoms with Crippen LogP contribution in [0.25, 0.3) is 0 Å². The number of aromatic nitrogens is 2. The molecular formula is C14H16N4O2. The molecule has 0 spiro atoms. The number of hydrogen-bond donors (Lipinski definition) is 2. The first-order valence-corrected chi connectivity index (χ1v) is 6.11. The van der Waals surface area contributed by atoms with Gasteiger partial charge in [0.05, 0.1) is 30.6 Å². The lowest BCUT2D eigenvalue weighted by Crippen LogP contribution is -2.11. The van der Waals surface area contributed by atoms with Crippen molar-refractivity contribution in [2.75, 3.05) is 18.2 Å². The number of esters is 1. The summed E-state index contributed by atoms with van der Waals surface area (Å²) in [6, 6.07) is 7.28. The van der Waals surface area contributed by atoms with Gasteiger partial charge in [-0.3, -0.25) is 4.98 Å². The van der Waals surface area contributed by atoms with Gasteiger partial charge in [0.15, 0.2) is 0 Å². The second kappa shape index (κ2) is 6.01. The molecule has 0 saturated heterocycles. The third-order valence-corrected chi connectivity index (χ3v) is 2.78. The number of carbonyl (C=O) groups excluding carboxylic acids is 1. The number of nitrogens with one attached hydrogen (secondary N) is 1. The lowest BCUT2D eigenvalue weighted by Gasteiger charge is -2.10. The van der Waals surface area contributed by atoms with Gasteiger partial charge in [0.2, 0.25) is 0 Å². The molecule has 0 radical (unpaired) electrons. The molecule has 0 aliphatic rings. The summed E-state index contributed by atoms with van der Waals surface area (Å²) in [5.41, 5.74) is 8.28. The highest BCUT2D eigenvalue weighted by Crippen LogP contribution is 2.21. The van der Waals surface area contributed by atoms with Crippen LogP contribution in [-0.2, 0) is 11.3 Å². The standard InChI is InChI=1S/C14H16N4O2/c1-9-4-3-5-10(18-9)8-17-13-12(15)11(6-7-16-13)14(19)20-2/h3-7H,8,15H2,1-2H3,(H,16,17). The van der Waals surface area contributed by atoms with E-state index in [1.807, 2.05) is 25.1 Å². The summed E-state index contributed by atoms with van der Waals surface area (Å²) in [6.07, 6.45) is 1.51. The summed E-state index contributed by atoms with van der Waals surface area (Å²) < 4.78 is 4.66. The van der Waals surface area contributed by atoms with Crippen LogP contribution in [0.15, 0.2) is 30.5 Å². The lowest BCUT2D eigenvalue weighted by atomic mass is 10.2. The third-order valence-electron chi connectivity index (χ3n) is 2.78. The molecule has 0 unspecified atom stereocenters. The highest BCUT2D eigenvalue weighted by atomic mass is 16.5. The molecule has 6 heteroatoms. The van der Waals surface area contributed by atoms with Gasteiger partial charge in [0.1, 0.15) is 5.82 Å². The Kier molecular flexibility index (Phi) is 4.14. The van der Waals surface area contributed by atoms with Crippen LogP contribution in [0.3, 0.4) is 0 Å². The molecule has 2 heterocycles. The Bertz CT molecular complexity index is 628. The smallest absolute Gasteiger partial charge is 0.340 e. The molecule has 20 heavy (non-hydrogen) atoms. The van der Waals surface area contributed by atoms with E-state index in [2.05, 4.69) is 20.0 Å². The van der Waals surface area contributed by atoms with Crippen LogP contribution in [0, 0.1) is 6.92 Å². The number of nitrogen functional groups attached to an aromatic ring is 1. The zero-order chi connectivity index (χ0) is 14.5. The van der Waals surface area contributed by atoms with Crippen molar-refractivity contribution < 1.29 is 9.53 Å². The van der Waals surface area contributed by atoms with Gasteiger partial charge in [-0.15, -0.1) is 0 Å². The molecule has 0 aliphatic carbocycles. The minimum atomic E-state index is -0.485. The first-order valence-electron chi connectivity index (χ1n) is 6.11. The number of methoxy groups -OCH3 is 1. The van der Waals surface area contributed by atoms with Crippen molar-refractivity contribution in [1.82, 2.24) is 9.97 Å². The Morgan fingerprint density at radius 3 is 2.90 bits per heavy atom. The van der Waals surface area contributed by atoms with E-state index in [1.54, 1.807) is 0 Å².